The second-order valence-corrected chi connectivity index (χ2v) is 9.18. The molecule has 1 aromatic heterocycles. The Kier molecular flexibility index (Phi) is 7.01. The Hall–Kier alpha value is -3.29. The van der Waals surface area contributed by atoms with Crippen molar-refractivity contribution in [1.82, 2.24) is 15.3 Å². The Balaban J connectivity index is 1.51. The quantitative estimate of drug-likeness (QED) is 0.295. The monoisotopic (exact) mass is 478 g/mol. The number of anilines is 1. The van der Waals surface area contributed by atoms with E-state index < -0.39 is 0 Å². The summed E-state index contributed by atoms with van der Waals surface area (Å²) in [6.07, 6.45) is 0. The Morgan fingerprint density at radius 1 is 1.06 bits per heavy atom. The molecule has 0 radical (unpaired) electrons. The number of hydrogen-bond donors (Lipinski definition) is 3. The highest BCUT2D eigenvalue weighted by atomic mass is 35.5. The fourth-order valence-electron chi connectivity index (χ4n) is 3.35. The van der Waals surface area contributed by atoms with Gasteiger partial charge in [0.15, 0.2) is 0 Å². The van der Waals surface area contributed by atoms with E-state index in [0.717, 1.165) is 21.5 Å². The summed E-state index contributed by atoms with van der Waals surface area (Å²) < 4.78 is 0. The van der Waals surface area contributed by atoms with E-state index in [9.17, 15) is 9.59 Å². The summed E-state index contributed by atoms with van der Waals surface area (Å²) in [6.45, 7) is 3.83. The minimum Gasteiger partial charge on any atom is -0.353 e. The molecule has 3 N–H and O–H groups in total. The first-order valence-electron chi connectivity index (χ1n) is 10.5. The van der Waals surface area contributed by atoms with Crippen molar-refractivity contribution in [3.05, 3.63) is 77.3 Å². The van der Waals surface area contributed by atoms with Crippen molar-refractivity contribution in [1.29, 1.82) is 0 Å². The van der Waals surface area contributed by atoms with Crippen LogP contribution in [0.15, 0.2) is 71.6 Å². The highest BCUT2D eigenvalue weighted by Gasteiger charge is 2.15. The standard InChI is InChI=1S/C25H23ClN4O2S/c1-15(2)27-23(31)14-33-22-10-6-4-8-18(22)25(32)28-16-11-12-20-21(13-16)30-24(29-20)17-7-3-5-9-19(17)26/h3-13,15H,14H2,1-2H3,(H,27,31)(H,28,32)(H,29,30). The first-order chi connectivity index (χ1) is 15.9. The lowest BCUT2D eigenvalue weighted by atomic mass is 10.2. The number of H-pyrrole nitrogens is 1. The summed E-state index contributed by atoms with van der Waals surface area (Å²) in [5.74, 6) is 0.602. The predicted octanol–water partition coefficient (Wildman–Crippen LogP) is 5.75. The van der Waals surface area contributed by atoms with E-state index >= 15 is 0 Å². The molecule has 3 aromatic carbocycles. The molecular formula is C25H23ClN4O2S. The highest BCUT2D eigenvalue weighted by Crippen LogP contribution is 2.29. The van der Waals surface area contributed by atoms with Gasteiger partial charge in [-0.25, -0.2) is 4.98 Å². The number of fused-ring (bicyclic) bond motifs is 1. The summed E-state index contributed by atoms with van der Waals surface area (Å²) in [6, 6.07) is 20.3. The molecule has 1 heterocycles. The van der Waals surface area contributed by atoms with Gasteiger partial charge in [-0.1, -0.05) is 35.9 Å². The van der Waals surface area contributed by atoms with E-state index in [-0.39, 0.29) is 23.6 Å². The van der Waals surface area contributed by atoms with Crippen molar-refractivity contribution in [3.63, 3.8) is 0 Å². The van der Waals surface area contributed by atoms with Crippen LogP contribution in [-0.4, -0.2) is 33.6 Å². The van der Waals surface area contributed by atoms with Gasteiger partial charge in [0.25, 0.3) is 5.91 Å². The second kappa shape index (κ2) is 10.1. The molecule has 0 spiro atoms. The highest BCUT2D eigenvalue weighted by molar-refractivity contribution is 8.00. The molecule has 0 saturated heterocycles. The van der Waals surface area contributed by atoms with Crippen molar-refractivity contribution in [3.8, 4) is 11.4 Å². The molecular weight excluding hydrogens is 456 g/mol. The van der Waals surface area contributed by atoms with E-state index in [1.807, 2.05) is 68.4 Å². The molecule has 33 heavy (non-hydrogen) atoms. The molecule has 0 aliphatic rings. The molecule has 0 fully saturated rings. The molecule has 0 bridgehead atoms. The molecule has 0 unspecified atom stereocenters. The van der Waals surface area contributed by atoms with Crippen LogP contribution in [0.25, 0.3) is 22.4 Å². The van der Waals surface area contributed by atoms with Crippen molar-refractivity contribution >= 4 is 51.9 Å². The maximum absolute atomic E-state index is 13.0. The van der Waals surface area contributed by atoms with Gasteiger partial charge in [-0.2, -0.15) is 0 Å². The number of rotatable bonds is 7. The van der Waals surface area contributed by atoms with E-state index in [2.05, 4.69) is 20.6 Å². The van der Waals surface area contributed by atoms with E-state index in [0.29, 0.717) is 22.1 Å². The third-order valence-electron chi connectivity index (χ3n) is 4.81. The van der Waals surface area contributed by atoms with Crippen molar-refractivity contribution in [2.24, 2.45) is 0 Å². The van der Waals surface area contributed by atoms with Crippen LogP contribution in [0.1, 0.15) is 24.2 Å². The Morgan fingerprint density at radius 3 is 2.61 bits per heavy atom. The maximum atomic E-state index is 13.0. The lowest BCUT2D eigenvalue weighted by Crippen LogP contribution is -2.31. The van der Waals surface area contributed by atoms with Crippen LogP contribution < -0.4 is 10.6 Å². The Bertz CT molecular complexity index is 1320. The number of amides is 2. The molecule has 4 aromatic rings. The number of hydrogen-bond acceptors (Lipinski definition) is 4. The van der Waals surface area contributed by atoms with Crippen LogP contribution in [-0.2, 0) is 4.79 Å². The molecule has 4 rings (SSSR count). The fraction of sp³-hybridized carbons (Fsp3) is 0.160. The molecule has 0 aliphatic heterocycles. The van der Waals surface area contributed by atoms with Gasteiger partial charge in [0.2, 0.25) is 5.91 Å². The van der Waals surface area contributed by atoms with Crippen LogP contribution in [0.4, 0.5) is 5.69 Å². The zero-order valence-electron chi connectivity index (χ0n) is 18.2. The SMILES string of the molecule is CC(C)NC(=O)CSc1ccccc1C(=O)Nc1ccc2nc(-c3ccccc3Cl)[nH]c2c1. The van der Waals surface area contributed by atoms with Crippen molar-refractivity contribution in [2.75, 3.05) is 11.1 Å². The molecule has 6 nitrogen and oxygen atoms in total. The number of benzene rings is 3. The van der Waals surface area contributed by atoms with Gasteiger partial charge in [0, 0.05) is 22.2 Å². The largest absolute Gasteiger partial charge is 0.353 e. The number of halogens is 1. The van der Waals surface area contributed by atoms with Gasteiger partial charge in [-0.15, -0.1) is 11.8 Å². The van der Waals surface area contributed by atoms with Crippen LogP contribution >= 0.6 is 23.4 Å². The Labute approximate surface area is 201 Å². The topological polar surface area (TPSA) is 86.9 Å². The fourth-order valence-corrected chi connectivity index (χ4v) is 4.44. The molecule has 2 amide bonds. The Morgan fingerprint density at radius 2 is 1.82 bits per heavy atom. The zero-order valence-corrected chi connectivity index (χ0v) is 19.8. The van der Waals surface area contributed by atoms with Crippen LogP contribution in [0.5, 0.6) is 0 Å². The predicted molar refractivity (Wildman–Crippen MR) is 135 cm³/mol. The molecule has 168 valence electrons. The summed E-state index contributed by atoms with van der Waals surface area (Å²) >= 11 is 7.63. The molecule has 0 atom stereocenters. The van der Waals surface area contributed by atoms with Crippen molar-refractivity contribution < 1.29 is 9.59 Å². The van der Waals surface area contributed by atoms with Crippen LogP contribution in [0.3, 0.4) is 0 Å². The minimum absolute atomic E-state index is 0.0655. The van der Waals surface area contributed by atoms with Gasteiger partial charge in [-0.3, -0.25) is 9.59 Å². The van der Waals surface area contributed by atoms with Gasteiger partial charge < -0.3 is 15.6 Å². The average Bonchev–Trinajstić information content (AvgIpc) is 3.21. The third kappa shape index (κ3) is 5.56. The van der Waals surface area contributed by atoms with Gasteiger partial charge in [-0.05, 0) is 56.3 Å². The lowest BCUT2D eigenvalue weighted by Gasteiger charge is -2.11. The van der Waals surface area contributed by atoms with E-state index in [4.69, 9.17) is 11.6 Å². The van der Waals surface area contributed by atoms with Gasteiger partial charge in [0.05, 0.1) is 27.4 Å². The van der Waals surface area contributed by atoms with Crippen LogP contribution in [0.2, 0.25) is 5.02 Å². The first-order valence-corrected chi connectivity index (χ1v) is 11.8. The maximum Gasteiger partial charge on any atom is 0.256 e. The van der Waals surface area contributed by atoms with E-state index in [1.165, 1.54) is 11.8 Å². The number of aromatic nitrogens is 2. The summed E-state index contributed by atoms with van der Waals surface area (Å²) in [5.41, 5.74) is 3.53. The van der Waals surface area contributed by atoms with Gasteiger partial charge in [0.1, 0.15) is 5.82 Å². The number of aromatic amines is 1. The third-order valence-corrected chi connectivity index (χ3v) is 6.21. The number of carbonyl (C=O) groups is 2. The summed E-state index contributed by atoms with van der Waals surface area (Å²) in [4.78, 5) is 33.6. The molecule has 0 saturated carbocycles. The number of thioether (sulfide) groups is 1. The molecule has 8 heteroatoms. The molecule has 0 aliphatic carbocycles. The number of imidazole rings is 1. The smallest absolute Gasteiger partial charge is 0.256 e. The van der Waals surface area contributed by atoms with Crippen molar-refractivity contribution in [2.45, 2.75) is 24.8 Å². The van der Waals surface area contributed by atoms with E-state index in [1.54, 1.807) is 12.1 Å². The van der Waals surface area contributed by atoms with Gasteiger partial charge >= 0.3 is 0 Å². The number of nitrogens with zero attached hydrogens (tertiary/aromatic N) is 1. The first kappa shape index (κ1) is 22.9. The second-order valence-electron chi connectivity index (χ2n) is 7.76. The minimum atomic E-state index is -0.243. The average molecular weight is 479 g/mol. The zero-order chi connectivity index (χ0) is 23.4. The van der Waals surface area contributed by atoms with Crippen LogP contribution in [0, 0.1) is 0 Å². The summed E-state index contributed by atoms with van der Waals surface area (Å²) in [7, 11) is 0. The normalized spacial score (nSPS) is 11.0. The summed E-state index contributed by atoms with van der Waals surface area (Å²) in [5, 5.41) is 6.41. The number of carbonyl (C=O) groups excluding carboxylic acids is 2. The lowest BCUT2D eigenvalue weighted by molar-refractivity contribution is -0.119. The number of nitrogens with one attached hydrogen (secondary N) is 3.